The summed E-state index contributed by atoms with van der Waals surface area (Å²) in [6.45, 7) is 14.1. The van der Waals surface area contributed by atoms with Crippen LogP contribution in [0, 0.1) is 17.2 Å². The van der Waals surface area contributed by atoms with Gasteiger partial charge in [-0.1, -0.05) is 20.1 Å². The molecule has 128 valence electrons. The molecule has 2 unspecified atom stereocenters. The van der Waals surface area contributed by atoms with Gasteiger partial charge in [-0.2, -0.15) is 5.26 Å². The molecule has 2 rings (SSSR count). The average molecular weight is 325 g/mol. The Kier molecular flexibility index (Phi) is 5.86. The lowest BCUT2D eigenvalue weighted by Gasteiger charge is -2.44. The molecule has 0 saturated carbocycles. The highest BCUT2D eigenvalue weighted by atomic mass is 15.2. The van der Waals surface area contributed by atoms with E-state index in [-0.39, 0.29) is 0 Å². The molecule has 2 atom stereocenters. The van der Waals surface area contributed by atoms with Gasteiger partial charge in [0.25, 0.3) is 0 Å². The number of amidine groups is 1. The molecule has 0 radical (unpaired) electrons. The predicted octanol–water partition coefficient (Wildman–Crippen LogP) is 2.99. The fourth-order valence-corrected chi connectivity index (χ4v) is 3.32. The van der Waals surface area contributed by atoms with Crippen molar-refractivity contribution in [2.75, 3.05) is 20.1 Å². The Hall–Kier alpha value is -2.48. The standard InChI is InChI=1S/C19H27N5/c1-6-21-19-17(8-11-22-19)16(4)23(5)18-13-24(12-9-14(18)2)15(3)7-10-20/h6,8,11,14,18H,1,3,7,9,12-13H2,2,4-5H3,(H,21,22)/b17-16+. The summed E-state index contributed by atoms with van der Waals surface area (Å²) >= 11 is 0. The Labute approximate surface area is 145 Å². The summed E-state index contributed by atoms with van der Waals surface area (Å²) < 4.78 is 0. The number of piperidine rings is 1. The zero-order valence-corrected chi connectivity index (χ0v) is 14.9. The van der Waals surface area contributed by atoms with Gasteiger partial charge >= 0.3 is 0 Å². The van der Waals surface area contributed by atoms with Crippen LogP contribution in [0.15, 0.2) is 53.6 Å². The molecule has 0 spiro atoms. The van der Waals surface area contributed by atoms with Crippen LogP contribution in [-0.2, 0) is 0 Å². The van der Waals surface area contributed by atoms with Crippen LogP contribution in [0.3, 0.4) is 0 Å². The second-order valence-electron chi connectivity index (χ2n) is 6.43. The van der Waals surface area contributed by atoms with Crippen molar-refractivity contribution in [3.8, 4) is 6.07 Å². The van der Waals surface area contributed by atoms with Gasteiger partial charge in [-0.15, -0.1) is 0 Å². The van der Waals surface area contributed by atoms with Gasteiger partial charge in [0, 0.05) is 49.3 Å². The van der Waals surface area contributed by atoms with Crippen LogP contribution < -0.4 is 5.32 Å². The van der Waals surface area contributed by atoms with E-state index in [9.17, 15) is 0 Å². The highest BCUT2D eigenvalue weighted by Gasteiger charge is 2.31. The molecular weight excluding hydrogens is 298 g/mol. The lowest BCUT2D eigenvalue weighted by Crippen LogP contribution is -2.50. The lowest BCUT2D eigenvalue weighted by molar-refractivity contribution is 0.115. The number of nitrogens with one attached hydrogen (secondary N) is 1. The van der Waals surface area contributed by atoms with Crippen molar-refractivity contribution in [1.29, 1.82) is 5.26 Å². The van der Waals surface area contributed by atoms with Crippen LogP contribution in [0.2, 0.25) is 0 Å². The average Bonchev–Trinajstić information content (AvgIpc) is 3.02. The van der Waals surface area contributed by atoms with Crippen LogP contribution >= 0.6 is 0 Å². The Balaban J connectivity index is 2.17. The molecule has 1 fully saturated rings. The molecule has 24 heavy (non-hydrogen) atoms. The number of nitrogens with zero attached hydrogens (tertiary/aromatic N) is 4. The molecule has 1 N–H and O–H groups in total. The zero-order chi connectivity index (χ0) is 17.7. The smallest absolute Gasteiger partial charge is 0.138 e. The number of nitriles is 1. The summed E-state index contributed by atoms with van der Waals surface area (Å²) in [7, 11) is 2.14. The Morgan fingerprint density at radius 3 is 3.04 bits per heavy atom. The van der Waals surface area contributed by atoms with E-state index in [4.69, 9.17) is 5.26 Å². The van der Waals surface area contributed by atoms with Crippen LogP contribution in [0.1, 0.15) is 26.7 Å². The van der Waals surface area contributed by atoms with Gasteiger partial charge in [0.05, 0.1) is 12.5 Å². The first-order valence-corrected chi connectivity index (χ1v) is 8.35. The van der Waals surface area contributed by atoms with E-state index in [1.54, 1.807) is 6.20 Å². The zero-order valence-electron chi connectivity index (χ0n) is 14.9. The van der Waals surface area contributed by atoms with Crippen molar-refractivity contribution in [2.24, 2.45) is 10.9 Å². The van der Waals surface area contributed by atoms with Gasteiger partial charge in [0.1, 0.15) is 5.84 Å². The molecule has 0 bridgehead atoms. The fraction of sp³-hybridized carbons (Fsp3) is 0.474. The summed E-state index contributed by atoms with van der Waals surface area (Å²) in [5.41, 5.74) is 3.20. The normalized spacial score (nSPS) is 24.9. The van der Waals surface area contributed by atoms with Crippen LogP contribution in [0.25, 0.3) is 0 Å². The highest BCUT2D eigenvalue weighted by molar-refractivity contribution is 6.04. The van der Waals surface area contributed by atoms with Crippen molar-refractivity contribution >= 4 is 5.84 Å². The first-order valence-electron chi connectivity index (χ1n) is 8.35. The lowest BCUT2D eigenvalue weighted by atomic mass is 9.91. The number of rotatable bonds is 5. The molecule has 2 aliphatic heterocycles. The molecule has 5 nitrogen and oxygen atoms in total. The van der Waals surface area contributed by atoms with Crippen LogP contribution in [-0.4, -0.2) is 41.8 Å². The predicted molar refractivity (Wildman–Crippen MR) is 98.9 cm³/mol. The second-order valence-corrected chi connectivity index (χ2v) is 6.43. The van der Waals surface area contributed by atoms with Crippen molar-refractivity contribution in [2.45, 2.75) is 32.7 Å². The quantitative estimate of drug-likeness (QED) is 0.844. The maximum Gasteiger partial charge on any atom is 0.138 e. The first kappa shape index (κ1) is 17.9. The number of hydrogen-bond acceptors (Lipinski definition) is 5. The third-order valence-corrected chi connectivity index (χ3v) is 5.00. The number of hydrogen-bond donors (Lipinski definition) is 1. The maximum atomic E-state index is 8.91. The Morgan fingerprint density at radius 2 is 2.38 bits per heavy atom. The summed E-state index contributed by atoms with van der Waals surface area (Å²) in [6, 6.07) is 2.58. The summed E-state index contributed by atoms with van der Waals surface area (Å²) in [5.74, 6) is 1.42. The summed E-state index contributed by atoms with van der Waals surface area (Å²) in [5, 5.41) is 12.0. The van der Waals surface area contributed by atoms with E-state index >= 15 is 0 Å². The third kappa shape index (κ3) is 3.70. The molecule has 2 heterocycles. The monoisotopic (exact) mass is 325 g/mol. The maximum absolute atomic E-state index is 8.91. The second kappa shape index (κ2) is 7.87. The molecule has 0 aromatic heterocycles. The minimum absolute atomic E-state index is 0.376. The van der Waals surface area contributed by atoms with E-state index in [2.05, 4.69) is 60.2 Å². The number of aliphatic imine (C=N–C) groups is 1. The molecule has 5 heteroatoms. The molecule has 0 aromatic rings. The number of likely N-dealkylation sites (tertiary alicyclic amines) is 1. The number of likely N-dealkylation sites (N-methyl/N-ethyl adjacent to an activating group) is 1. The minimum Gasteiger partial charge on any atom is -0.372 e. The van der Waals surface area contributed by atoms with Crippen LogP contribution in [0.5, 0.6) is 0 Å². The van der Waals surface area contributed by atoms with Gasteiger partial charge in [-0.3, -0.25) is 0 Å². The topological polar surface area (TPSA) is 54.7 Å². The number of allylic oxidation sites excluding steroid dienone is 2. The van der Waals surface area contributed by atoms with Crippen LogP contribution in [0.4, 0.5) is 0 Å². The van der Waals surface area contributed by atoms with E-state index in [0.717, 1.165) is 36.6 Å². The van der Waals surface area contributed by atoms with Gasteiger partial charge in [-0.05, 0) is 31.5 Å². The largest absolute Gasteiger partial charge is 0.372 e. The van der Waals surface area contributed by atoms with Gasteiger partial charge in [0.15, 0.2) is 0 Å². The Bertz CT molecular complexity index is 635. The summed E-state index contributed by atoms with van der Waals surface area (Å²) in [6.07, 6.45) is 6.98. The minimum atomic E-state index is 0.376. The van der Waals surface area contributed by atoms with E-state index in [1.807, 2.05) is 12.3 Å². The van der Waals surface area contributed by atoms with E-state index in [0.29, 0.717) is 18.4 Å². The van der Waals surface area contributed by atoms with E-state index < -0.39 is 0 Å². The van der Waals surface area contributed by atoms with Gasteiger partial charge < -0.3 is 15.1 Å². The van der Waals surface area contributed by atoms with Gasteiger partial charge in [-0.25, -0.2) is 4.99 Å². The highest BCUT2D eigenvalue weighted by Crippen LogP contribution is 2.28. The van der Waals surface area contributed by atoms with Crippen molar-refractivity contribution in [3.63, 3.8) is 0 Å². The molecular formula is C19H27N5. The molecule has 1 saturated heterocycles. The molecule has 0 aliphatic carbocycles. The fourth-order valence-electron chi connectivity index (χ4n) is 3.32. The molecule has 0 aromatic carbocycles. The first-order chi connectivity index (χ1) is 11.5. The SMILES string of the molecule is C=CNC1=NC=C/C1=C(/C)N(C)C1CN(C(=C)CC#N)CCC1C. The van der Waals surface area contributed by atoms with Gasteiger partial charge in [0.2, 0.25) is 0 Å². The molecule has 2 aliphatic rings. The van der Waals surface area contributed by atoms with Crippen molar-refractivity contribution < 1.29 is 0 Å². The van der Waals surface area contributed by atoms with Crippen molar-refractivity contribution in [1.82, 2.24) is 15.1 Å². The van der Waals surface area contributed by atoms with E-state index in [1.165, 1.54) is 5.70 Å². The third-order valence-electron chi connectivity index (χ3n) is 5.00. The summed E-state index contributed by atoms with van der Waals surface area (Å²) in [4.78, 5) is 8.94. The Morgan fingerprint density at radius 1 is 1.62 bits per heavy atom. The molecule has 0 amide bonds. The van der Waals surface area contributed by atoms with Crippen molar-refractivity contribution in [3.05, 3.63) is 48.6 Å².